The summed E-state index contributed by atoms with van der Waals surface area (Å²) in [6.45, 7) is 7.37. The maximum Gasteiger partial charge on any atom is 0.311 e. The van der Waals surface area contributed by atoms with Crippen LogP contribution in [0.5, 0.6) is 5.75 Å². The number of ether oxygens (including phenoxy) is 2. The van der Waals surface area contributed by atoms with Crippen molar-refractivity contribution in [2.24, 2.45) is 0 Å². The van der Waals surface area contributed by atoms with E-state index in [0.29, 0.717) is 12.2 Å². The minimum absolute atomic E-state index is 0.110. The highest BCUT2D eigenvalue weighted by molar-refractivity contribution is 5.73. The molecule has 0 fully saturated rings. The lowest BCUT2D eigenvalue weighted by Crippen LogP contribution is -2.07. The molecular formula is C29H42O3. The zero-order valence-corrected chi connectivity index (χ0v) is 20.4. The lowest BCUT2D eigenvalue weighted by atomic mass is 10.0. The second-order valence-electron chi connectivity index (χ2n) is 8.71. The molecule has 2 aromatic rings. The van der Waals surface area contributed by atoms with Crippen LogP contribution in [0.3, 0.4) is 0 Å². The second-order valence-corrected chi connectivity index (χ2v) is 8.71. The number of rotatable bonds is 16. The maximum absolute atomic E-state index is 12.1. The van der Waals surface area contributed by atoms with Gasteiger partial charge in [-0.1, -0.05) is 102 Å². The Labute approximate surface area is 195 Å². The van der Waals surface area contributed by atoms with E-state index in [1.165, 1.54) is 50.5 Å². The summed E-state index contributed by atoms with van der Waals surface area (Å²) in [4.78, 5) is 12.1. The van der Waals surface area contributed by atoms with E-state index in [9.17, 15) is 4.79 Å². The summed E-state index contributed by atoms with van der Waals surface area (Å²) >= 11 is 0. The molecule has 2 aromatic carbocycles. The first-order chi connectivity index (χ1) is 15.6. The number of hydrogen-bond donors (Lipinski definition) is 0. The van der Waals surface area contributed by atoms with Crippen LogP contribution in [0.1, 0.15) is 103 Å². The molecule has 0 aliphatic rings. The molecule has 0 N–H and O–H groups in total. The molecule has 0 aliphatic carbocycles. The number of carbonyl (C=O) groups excluding carboxylic acids is 1. The third-order valence-corrected chi connectivity index (χ3v) is 5.90. The summed E-state index contributed by atoms with van der Waals surface area (Å²) < 4.78 is 11.5. The van der Waals surface area contributed by atoms with Crippen LogP contribution in [0.25, 0.3) is 11.1 Å². The van der Waals surface area contributed by atoms with Gasteiger partial charge in [-0.05, 0) is 48.6 Å². The molecule has 0 amide bonds. The van der Waals surface area contributed by atoms with Crippen molar-refractivity contribution in [1.82, 2.24) is 0 Å². The molecule has 2 rings (SSSR count). The number of hydrogen-bond acceptors (Lipinski definition) is 3. The van der Waals surface area contributed by atoms with Crippen molar-refractivity contribution in [3.8, 4) is 16.9 Å². The Balaban J connectivity index is 1.76. The van der Waals surface area contributed by atoms with E-state index >= 15 is 0 Å². The lowest BCUT2D eigenvalue weighted by molar-refractivity contribution is -0.134. The van der Waals surface area contributed by atoms with Crippen molar-refractivity contribution in [3.05, 3.63) is 54.1 Å². The topological polar surface area (TPSA) is 35.5 Å². The van der Waals surface area contributed by atoms with Crippen molar-refractivity contribution in [2.75, 3.05) is 6.61 Å². The van der Waals surface area contributed by atoms with E-state index in [1.54, 1.807) is 0 Å². The Morgan fingerprint density at radius 3 is 1.88 bits per heavy atom. The Hall–Kier alpha value is -2.13. The highest BCUT2D eigenvalue weighted by Gasteiger charge is 2.08. The number of carbonyl (C=O) groups is 1. The summed E-state index contributed by atoms with van der Waals surface area (Å²) in [5, 5.41) is 0. The van der Waals surface area contributed by atoms with Gasteiger partial charge in [-0.3, -0.25) is 4.79 Å². The molecule has 0 bridgehead atoms. The Bertz CT molecular complexity index is 749. The van der Waals surface area contributed by atoms with Crippen molar-refractivity contribution >= 4 is 5.97 Å². The molecule has 0 aliphatic heterocycles. The van der Waals surface area contributed by atoms with E-state index in [-0.39, 0.29) is 12.1 Å². The van der Waals surface area contributed by atoms with Gasteiger partial charge in [-0.2, -0.15) is 0 Å². The summed E-state index contributed by atoms with van der Waals surface area (Å²) in [6, 6.07) is 16.3. The average molecular weight is 439 g/mol. The van der Waals surface area contributed by atoms with Crippen LogP contribution in [-0.2, 0) is 9.53 Å². The molecule has 32 heavy (non-hydrogen) atoms. The number of unbranched alkanes of at least 4 members (excludes halogenated alkanes) is 8. The number of benzene rings is 2. The largest absolute Gasteiger partial charge is 0.427 e. The van der Waals surface area contributed by atoms with Crippen molar-refractivity contribution in [1.29, 1.82) is 0 Å². The van der Waals surface area contributed by atoms with Crippen LogP contribution in [0.4, 0.5) is 0 Å². The van der Waals surface area contributed by atoms with Crippen molar-refractivity contribution in [3.63, 3.8) is 0 Å². The van der Waals surface area contributed by atoms with Gasteiger partial charge >= 0.3 is 5.97 Å². The Morgan fingerprint density at radius 1 is 0.719 bits per heavy atom. The van der Waals surface area contributed by atoms with Gasteiger partial charge in [0, 0.05) is 13.0 Å². The van der Waals surface area contributed by atoms with E-state index < -0.39 is 0 Å². The molecule has 3 heteroatoms. The van der Waals surface area contributed by atoms with Crippen molar-refractivity contribution < 1.29 is 14.3 Å². The fraction of sp³-hybridized carbons (Fsp3) is 0.552. The first kappa shape index (κ1) is 26.1. The van der Waals surface area contributed by atoms with Gasteiger partial charge in [-0.15, -0.1) is 0 Å². The Kier molecular flexibility index (Phi) is 12.8. The monoisotopic (exact) mass is 438 g/mol. The van der Waals surface area contributed by atoms with E-state index in [0.717, 1.165) is 37.0 Å². The second kappa shape index (κ2) is 15.6. The average Bonchev–Trinajstić information content (AvgIpc) is 2.81. The molecule has 0 heterocycles. The lowest BCUT2D eigenvalue weighted by Gasteiger charge is -2.14. The predicted molar refractivity (Wildman–Crippen MR) is 134 cm³/mol. The molecule has 176 valence electrons. The van der Waals surface area contributed by atoms with Gasteiger partial charge in [-0.25, -0.2) is 0 Å². The SMILES string of the molecule is CCCCCCCCC(=O)Oc1ccc(-c2ccc(C(C)OCCCCCC)cc2)cc1. The van der Waals surface area contributed by atoms with Gasteiger partial charge < -0.3 is 9.47 Å². The van der Waals surface area contributed by atoms with E-state index in [1.807, 2.05) is 24.3 Å². The summed E-state index contributed by atoms with van der Waals surface area (Å²) in [6.07, 6.45) is 12.5. The van der Waals surface area contributed by atoms with Gasteiger partial charge in [0.25, 0.3) is 0 Å². The molecule has 1 atom stereocenters. The highest BCUT2D eigenvalue weighted by atomic mass is 16.5. The van der Waals surface area contributed by atoms with Crippen LogP contribution in [0.2, 0.25) is 0 Å². The van der Waals surface area contributed by atoms with Crippen LogP contribution < -0.4 is 4.74 Å². The fourth-order valence-electron chi connectivity index (χ4n) is 3.78. The van der Waals surface area contributed by atoms with Gasteiger partial charge in [0.05, 0.1) is 6.10 Å². The van der Waals surface area contributed by atoms with Gasteiger partial charge in [0.1, 0.15) is 5.75 Å². The fourth-order valence-corrected chi connectivity index (χ4v) is 3.78. The smallest absolute Gasteiger partial charge is 0.311 e. The normalized spacial score (nSPS) is 12.0. The molecule has 0 saturated heterocycles. The molecule has 0 saturated carbocycles. The maximum atomic E-state index is 12.1. The molecule has 1 unspecified atom stereocenters. The van der Waals surface area contributed by atoms with Crippen molar-refractivity contribution in [2.45, 2.75) is 97.5 Å². The van der Waals surface area contributed by atoms with Gasteiger partial charge in [0.15, 0.2) is 0 Å². The summed E-state index contributed by atoms with van der Waals surface area (Å²) in [5.74, 6) is 0.479. The summed E-state index contributed by atoms with van der Waals surface area (Å²) in [5.41, 5.74) is 3.46. The third kappa shape index (κ3) is 9.99. The van der Waals surface area contributed by atoms with Crippen LogP contribution in [0.15, 0.2) is 48.5 Å². The van der Waals surface area contributed by atoms with Crippen LogP contribution in [-0.4, -0.2) is 12.6 Å². The summed E-state index contributed by atoms with van der Waals surface area (Å²) in [7, 11) is 0. The number of esters is 1. The van der Waals surface area contributed by atoms with Crippen LogP contribution >= 0.6 is 0 Å². The van der Waals surface area contributed by atoms with E-state index in [4.69, 9.17) is 9.47 Å². The molecule has 0 spiro atoms. The predicted octanol–water partition coefficient (Wildman–Crippen LogP) is 8.67. The molecule has 0 aromatic heterocycles. The highest BCUT2D eigenvalue weighted by Crippen LogP contribution is 2.25. The molecular weight excluding hydrogens is 396 g/mol. The molecule has 0 radical (unpaired) electrons. The quantitative estimate of drug-likeness (QED) is 0.149. The first-order valence-electron chi connectivity index (χ1n) is 12.7. The zero-order valence-electron chi connectivity index (χ0n) is 20.4. The van der Waals surface area contributed by atoms with Gasteiger partial charge in [0.2, 0.25) is 0 Å². The minimum atomic E-state index is -0.138. The Morgan fingerprint density at radius 2 is 1.25 bits per heavy atom. The third-order valence-electron chi connectivity index (χ3n) is 5.90. The standard InChI is InChI=1S/C29H42O3/c1-4-6-8-10-11-12-14-29(30)32-28-21-19-27(20-22-28)26-17-15-25(16-18-26)24(3)31-23-13-9-7-5-2/h15-22,24H,4-14,23H2,1-3H3. The first-order valence-corrected chi connectivity index (χ1v) is 12.7. The zero-order chi connectivity index (χ0) is 23.0. The minimum Gasteiger partial charge on any atom is -0.427 e. The van der Waals surface area contributed by atoms with E-state index in [2.05, 4.69) is 45.0 Å². The molecule has 3 nitrogen and oxygen atoms in total. The van der Waals surface area contributed by atoms with Crippen LogP contribution in [0, 0.1) is 0 Å².